The summed E-state index contributed by atoms with van der Waals surface area (Å²) in [5, 5.41) is 10.9. The number of nitrogens with zero attached hydrogens (tertiary/aromatic N) is 2. The molecule has 4 rings (SSSR count). The van der Waals surface area contributed by atoms with Gasteiger partial charge in [0.15, 0.2) is 0 Å². The van der Waals surface area contributed by atoms with Crippen LogP contribution in [0.4, 0.5) is 0 Å². The Morgan fingerprint density at radius 1 is 0.542 bits per heavy atom. The van der Waals surface area contributed by atoms with Crippen LogP contribution in [0.1, 0.15) is 11.3 Å². The first-order valence-corrected chi connectivity index (χ1v) is 7.80. The zero-order chi connectivity index (χ0) is 16.2. The molecule has 0 radical (unpaired) electrons. The van der Waals surface area contributed by atoms with Crippen molar-refractivity contribution in [2.45, 2.75) is 0 Å². The maximum atomic E-state index is 4.44. The molecule has 0 spiro atoms. The summed E-state index contributed by atoms with van der Waals surface area (Å²) in [6, 6.07) is 28.2. The minimum atomic E-state index is 0.703. The Morgan fingerprint density at radius 3 is 1.92 bits per heavy atom. The molecule has 24 heavy (non-hydrogen) atoms. The Balaban J connectivity index is 1.87. The number of fused-ring (bicyclic) bond motifs is 1. The highest BCUT2D eigenvalue weighted by atomic mass is 15.1. The second kappa shape index (κ2) is 6.36. The van der Waals surface area contributed by atoms with E-state index >= 15 is 0 Å². The molecule has 0 unspecified atom stereocenters. The fourth-order valence-corrected chi connectivity index (χ4v) is 2.66. The van der Waals surface area contributed by atoms with Crippen molar-refractivity contribution < 1.29 is 0 Å². The number of hydrogen-bond donors (Lipinski definition) is 0. The topological polar surface area (TPSA) is 25.8 Å². The maximum absolute atomic E-state index is 4.44. The van der Waals surface area contributed by atoms with Gasteiger partial charge in [0.05, 0.1) is 0 Å². The summed E-state index contributed by atoms with van der Waals surface area (Å²) < 4.78 is 0. The molecular weight excluding hydrogens is 292 g/mol. The van der Waals surface area contributed by atoms with E-state index in [1.807, 2.05) is 78.9 Å². The van der Waals surface area contributed by atoms with E-state index in [4.69, 9.17) is 0 Å². The lowest BCUT2D eigenvalue weighted by Gasteiger charge is -2.06. The van der Waals surface area contributed by atoms with Gasteiger partial charge in [-0.25, -0.2) is 0 Å². The molecule has 3 aromatic carbocycles. The summed E-state index contributed by atoms with van der Waals surface area (Å²) in [6.07, 6.45) is 0. The summed E-state index contributed by atoms with van der Waals surface area (Å²) in [4.78, 5) is 0. The highest BCUT2D eigenvalue weighted by Crippen LogP contribution is 2.26. The third-order valence-electron chi connectivity index (χ3n) is 3.83. The number of benzene rings is 3. The van der Waals surface area contributed by atoms with Crippen molar-refractivity contribution in [3.05, 3.63) is 96.2 Å². The Hall–Kier alpha value is -3.44. The molecule has 0 N–H and O–H groups in total. The van der Waals surface area contributed by atoms with Crippen LogP contribution >= 0.6 is 0 Å². The van der Waals surface area contributed by atoms with Crippen LogP contribution in [0.3, 0.4) is 0 Å². The summed E-state index contributed by atoms with van der Waals surface area (Å²) in [7, 11) is 0. The van der Waals surface area contributed by atoms with Crippen LogP contribution in [-0.2, 0) is 0 Å². The normalized spacial score (nSPS) is 10.2. The summed E-state index contributed by atoms with van der Waals surface area (Å²) >= 11 is 0. The maximum Gasteiger partial charge on any atom is 0.144 e. The molecule has 4 aromatic rings. The second-order valence-electron chi connectivity index (χ2n) is 5.42. The molecule has 0 atom stereocenters. The second-order valence-corrected chi connectivity index (χ2v) is 5.42. The van der Waals surface area contributed by atoms with Gasteiger partial charge in [-0.2, -0.15) is 0 Å². The van der Waals surface area contributed by atoms with Gasteiger partial charge in [-0.1, -0.05) is 78.7 Å². The SMILES string of the molecule is C(#Cc1nnc(-c2ccccc2)c2ccccc12)c1ccccc1. The number of rotatable bonds is 1. The predicted molar refractivity (Wildman–Crippen MR) is 97.4 cm³/mol. The first kappa shape index (κ1) is 14.2. The van der Waals surface area contributed by atoms with E-state index in [1.165, 1.54) is 0 Å². The van der Waals surface area contributed by atoms with Crippen LogP contribution in [0.25, 0.3) is 22.0 Å². The lowest BCUT2D eigenvalue weighted by atomic mass is 10.0. The average molecular weight is 306 g/mol. The first-order valence-electron chi connectivity index (χ1n) is 7.80. The van der Waals surface area contributed by atoms with Crippen molar-refractivity contribution in [1.29, 1.82) is 0 Å². The van der Waals surface area contributed by atoms with Crippen molar-refractivity contribution in [1.82, 2.24) is 10.2 Å². The molecule has 0 aliphatic heterocycles. The van der Waals surface area contributed by atoms with Gasteiger partial charge in [-0.05, 0) is 18.1 Å². The molecule has 1 heterocycles. The van der Waals surface area contributed by atoms with Gasteiger partial charge in [-0.3, -0.25) is 0 Å². The van der Waals surface area contributed by atoms with Gasteiger partial charge >= 0.3 is 0 Å². The number of aromatic nitrogens is 2. The molecule has 2 nitrogen and oxygen atoms in total. The molecule has 0 amide bonds. The molecule has 0 saturated heterocycles. The minimum absolute atomic E-state index is 0.703. The van der Waals surface area contributed by atoms with Gasteiger partial charge in [0.1, 0.15) is 11.4 Å². The summed E-state index contributed by atoms with van der Waals surface area (Å²) in [5.74, 6) is 6.32. The van der Waals surface area contributed by atoms with E-state index in [0.29, 0.717) is 5.69 Å². The standard InChI is InChI=1S/C22H14N2/c1-3-9-17(10-4-1)15-16-21-19-13-7-8-14-20(19)22(24-23-21)18-11-5-2-6-12-18/h1-14H. The average Bonchev–Trinajstić information content (AvgIpc) is 2.67. The Morgan fingerprint density at radius 2 is 1.17 bits per heavy atom. The van der Waals surface area contributed by atoms with Gasteiger partial charge < -0.3 is 0 Å². The number of hydrogen-bond acceptors (Lipinski definition) is 2. The third-order valence-corrected chi connectivity index (χ3v) is 3.83. The zero-order valence-electron chi connectivity index (χ0n) is 13.0. The highest BCUT2D eigenvalue weighted by Gasteiger charge is 2.09. The predicted octanol–water partition coefficient (Wildman–Crippen LogP) is 4.70. The van der Waals surface area contributed by atoms with Crippen molar-refractivity contribution in [3.8, 4) is 23.1 Å². The lowest BCUT2D eigenvalue weighted by molar-refractivity contribution is 1.04. The molecule has 1 aromatic heterocycles. The molecule has 0 aliphatic rings. The van der Waals surface area contributed by atoms with Gasteiger partial charge in [0.25, 0.3) is 0 Å². The van der Waals surface area contributed by atoms with Crippen molar-refractivity contribution in [3.63, 3.8) is 0 Å². The van der Waals surface area contributed by atoms with E-state index in [-0.39, 0.29) is 0 Å². The molecule has 0 bridgehead atoms. The van der Waals surface area contributed by atoms with Gasteiger partial charge in [-0.15, -0.1) is 10.2 Å². The van der Waals surface area contributed by atoms with Crippen LogP contribution in [-0.4, -0.2) is 10.2 Å². The van der Waals surface area contributed by atoms with E-state index < -0.39 is 0 Å². The van der Waals surface area contributed by atoms with E-state index in [1.54, 1.807) is 0 Å². The fraction of sp³-hybridized carbons (Fsp3) is 0. The van der Waals surface area contributed by atoms with Crippen LogP contribution in [0, 0.1) is 11.8 Å². The quantitative estimate of drug-likeness (QED) is 0.476. The van der Waals surface area contributed by atoms with Crippen LogP contribution < -0.4 is 0 Å². The van der Waals surface area contributed by atoms with Crippen molar-refractivity contribution >= 4 is 10.8 Å². The van der Waals surface area contributed by atoms with E-state index in [9.17, 15) is 0 Å². The fourth-order valence-electron chi connectivity index (χ4n) is 2.66. The van der Waals surface area contributed by atoms with Crippen molar-refractivity contribution in [2.24, 2.45) is 0 Å². The monoisotopic (exact) mass is 306 g/mol. The van der Waals surface area contributed by atoms with Crippen LogP contribution in [0.2, 0.25) is 0 Å². The van der Waals surface area contributed by atoms with Gasteiger partial charge in [0, 0.05) is 21.9 Å². The first-order chi connectivity index (χ1) is 11.9. The van der Waals surface area contributed by atoms with Gasteiger partial charge in [0.2, 0.25) is 0 Å². The smallest absolute Gasteiger partial charge is 0.144 e. The summed E-state index contributed by atoms with van der Waals surface area (Å²) in [6.45, 7) is 0. The van der Waals surface area contributed by atoms with E-state index in [0.717, 1.165) is 27.6 Å². The van der Waals surface area contributed by atoms with Crippen LogP contribution in [0.5, 0.6) is 0 Å². The molecule has 0 aliphatic carbocycles. The van der Waals surface area contributed by atoms with E-state index in [2.05, 4.69) is 28.1 Å². The summed E-state index contributed by atoms with van der Waals surface area (Å²) in [5.41, 5.74) is 3.62. The largest absolute Gasteiger partial charge is 0.149 e. The molecule has 112 valence electrons. The zero-order valence-corrected chi connectivity index (χ0v) is 13.0. The molecular formula is C22H14N2. The Labute approximate surface area is 140 Å². The Kier molecular flexibility index (Phi) is 3.75. The molecule has 0 saturated carbocycles. The minimum Gasteiger partial charge on any atom is -0.149 e. The molecule has 2 heteroatoms. The lowest BCUT2D eigenvalue weighted by Crippen LogP contribution is -1.94. The third kappa shape index (κ3) is 2.76. The highest BCUT2D eigenvalue weighted by molar-refractivity contribution is 5.96. The Bertz CT molecular complexity index is 1040. The molecule has 0 fully saturated rings. The van der Waals surface area contributed by atoms with Crippen molar-refractivity contribution in [2.75, 3.05) is 0 Å². The van der Waals surface area contributed by atoms with Crippen LogP contribution in [0.15, 0.2) is 84.9 Å².